The highest BCUT2D eigenvalue weighted by Gasteiger charge is 2.15. The van der Waals surface area contributed by atoms with E-state index in [9.17, 15) is 19.2 Å². The number of unbranched alkanes of at least 4 members (excludes halogenated alkanes) is 18. The fraction of sp³-hybridized carbons (Fsp3) is 0.745. The fourth-order valence-electron chi connectivity index (χ4n) is 6.09. The summed E-state index contributed by atoms with van der Waals surface area (Å²) in [6, 6.07) is 0. The van der Waals surface area contributed by atoms with Crippen molar-refractivity contribution in [2.24, 2.45) is 0 Å². The Balaban J connectivity index is 4.21. The van der Waals surface area contributed by atoms with Gasteiger partial charge in [0.15, 0.2) is 0 Å². The van der Waals surface area contributed by atoms with Crippen LogP contribution in [0.1, 0.15) is 200 Å². The lowest BCUT2D eigenvalue weighted by molar-refractivity contribution is -0.148. The van der Waals surface area contributed by atoms with Gasteiger partial charge in [0.2, 0.25) is 5.91 Å². The molecule has 0 aliphatic carbocycles. The summed E-state index contributed by atoms with van der Waals surface area (Å²) in [4.78, 5) is 50.0. The lowest BCUT2D eigenvalue weighted by Crippen LogP contribution is -2.37. The Bertz CT molecular complexity index is 984. The molecule has 0 aromatic rings. The molecule has 0 saturated heterocycles. The topological polar surface area (TPSA) is 110 Å². The van der Waals surface area contributed by atoms with Gasteiger partial charge in [0.1, 0.15) is 13.2 Å². The Morgan fingerprint density at radius 2 is 0.782 bits per heavy atom. The van der Waals surface area contributed by atoms with E-state index in [-0.39, 0.29) is 57.0 Å². The van der Waals surface area contributed by atoms with Crippen LogP contribution in [0.15, 0.2) is 48.6 Å². The smallest absolute Gasteiger partial charge is 0.305 e. The number of hydrogen-bond acceptors (Lipinski definition) is 6. The largest absolute Gasteiger partial charge is 0.481 e. The van der Waals surface area contributed by atoms with Gasteiger partial charge >= 0.3 is 17.9 Å². The van der Waals surface area contributed by atoms with Gasteiger partial charge in [0.05, 0.1) is 13.1 Å². The molecule has 0 spiro atoms. The zero-order valence-corrected chi connectivity index (χ0v) is 35.3. The highest BCUT2D eigenvalue weighted by Crippen LogP contribution is 2.11. The maximum Gasteiger partial charge on any atom is 0.305 e. The molecule has 1 N–H and O–H groups in total. The molecule has 0 aromatic heterocycles. The minimum absolute atomic E-state index is 0.0905. The standard InChI is InChI=1S/C47H81NO7/c1-3-5-7-9-11-13-15-17-19-21-23-25-27-29-34-38-46(52)54-42-40-48(44(49)36-32-31-33-37-45(50)51)41-43-55-47(53)39-35-30-28-26-24-22-20-18-16-14-12-10-8-6-4-2/h11-14,17-20H,3-10,15-16,21-43H2,1-2H3,(H,50,51)/b13-11-,14-12-,19-17-,20-18-. The van der Waals surface area contributed by atoms with E-state index in [4.69, 9.17) is 14.6 Å². The number of carbonyl (C=O) groups is 4. The summed E-state index contributed by atoms with van der Waals surface area (Å²) in [5, 5.41) is 8.86. The summed E-state index contributed by atoms with van der Waals surface area (Å²) in [6.45, 7) is 5.14. The third-order valence-electron chi connectivity index (χ3n) is 9.55. The van der Waals surface area contributed by atoms with Crippen LogP contribution in [0.3, 0.4) is 0 Å². The van der Waals surface area contributed by atoms with E-state index in [1.165, 1.54) is 51.4 Å². The molecule has 0 rings (SSSR count). The van der Waals surface area contributed by atoms with E-state index < -0.39 is 5.97 Å². The minimum Gasteiger partial charge on any atom is -0.481 e. The summed E-state index contributed by atoms with van der Waals surface area (Å²) in [5.41, 5.74) is 0. The molecule has 0 unspecified atom stereocenters. The van der Waals surface area contributed by atoms with Gasteiger partial charge in [-0.1, -0.05) is 133 Å². The maximum absolute atomic E-state index is 13.0. The number of carboxylic acids is 1. The van der Waals surface area contributed by atoms with Gasteiger partial charge < -0.3 is 19.5 Å². The Kier molecular flexibility index (Phi) is 39.6. The predicted octanol–water partition coefficient (Wildman–Crippen LogP) is 12.6. The van der Waals surface area contributed by atoms with Crippen LogP contribution in [-0.2, 0) is 28.7 Å². The van der Waals surface area contributed by atoms with Crippen LogP contribution in [0, 0.1) is 0 Å². The average Bonchev–Trinajstić information content (AvgIpc) is 3.16. The van der Waals surface area contributed by atoms with Crippen LogP contribution < -0.4 is 0 Å². The second-order valence-corrected chi connectivity index (χ2v) is 14.7. The zero-order chi connectivity index (χ0) is 40.3. The molecule has 8 nitrogen and oxygen atoms in total. The first-order valence-electron chi connectivity index (χ1n) is 22.3. The summed E-state index contributed by atoms with van der Waals surface area (Å²) in [7, 11) is 0. The molecule has 0 fully saturated rings. The van der Waals surface area contributed by atoms with Crippen molar-refractivity contribution in [1.82, 2.24) is 4.90 Å². The first-order valence-corrected chi connectivity index (χ1v) is 22.3. The molecule has 1 amide bonds. The van der Waals surface area contributed by atoms with Crippen LogP contribution in [0.4, 0.5) is 0 Å². The van der Waals surface area contributed by atoms with Gasteiger partial charge in [-0.05, 0) is 89.9 Å². The van der Waals surface area contributed by atoms with Crippen molar-refractivity contribution in [3.8, 4) is 0 Å². The molecule has 0 aliphatic rings. The second-order valence-electron chi connectivity index (χ2n) is 14.7. The van der Waals surface area contributed by atoms with Gasteiger partial charge in [-0.15, -0.1) is 0 Å². The minimum atomic E-state index is -0.837. The number of nitrogens with zero attached hydrogens (tertiary/aromatic N) is 1. The quantitative estimate of drug-likeness (QED) is 0.0375. The van der Waals surface area contributed by atoms with Crippen molar-refractivity contribution in [2.75, 3.05) is 26.3 Å². The Labute approximate surface area is 336 Å². The fourth-order valence-corrected chi connectivity index (χ4v) is 6.09. The molecule has 0 heterocycles. The first kappa shape index (κ1) is 51.8. The van der Waals surface area contributed by atoms with Gasteiger partial charge in [-0.3, -0.25) is 19.2 Å². The molecule has 0 atom stereocenters. The van der Waals surface area contributed by atoms with Gasteiger partial charge in [0, 0.05) is 25.7 Å². The number of aliphatic carboxylic acids is 1. The van der Waals surface area contributed by atoms with Crippen molar-refractivity contribution >= 4 is 23.8 Å². The van der Waals surface area contributed by atoms with Crippen molar-refractivity contribution < 1.29 is 33.8 Å². The average molecular weight is 772 g/mol. The third-order valence-corrected chi connectivity index (χ3v) is 9.55. The molecule has 0 aromatic carbocycles. The van der Waals surface area contributed by atoms with Crippen LogP contribution in [0.5, 0.6) is 0 Å². The van der Waals surface area contributed by atoms with E-state index in [0.717, 1.165) is 89.9 Å². The molecule has 0 bridgehead atoms. The van der Waals surface area contributed by atoms with Gasteiger partial charge in [-0.2, -0.15) is 0 Å². The highest BCUT2D eigenvalue weighted by molar-refractivity contribution is 5.76. The van der Waals surface area contributed by atoms with E-state index in [2.05, 4.69) is 62.5 Å². The van der Waals surface area contributed by atoms with Crippen molar-refractivity contribution in [2.45, 2.75) is 200 Å². The summed E-state index contributed by atoms with van der Waals surface area (Å²) >= 11 is 0. The van der Waals surface area contributed by atoms with Crippen molar-refractivity contribution in [3.05, 3.63) is 48.6 Å². The number of hydrogen-bond donors (Lipinski definition) is 1. The maximum atomic E-state index is 13.0. The van der Waals surface area contributed by atoms with Gasteiger partial charge in [-0.25, -0.2) is 0 Å². The molecule has 0 radical (unpaired) electrons. The highest BCUT2D eigenvalue weighted by atomic mass is 16.5. The number of esters is 2. The van der Waals surface area contributed by atoms with Crippen molar-refractivity contribution in [3.63, 3.8) is 0 Å². The first-order chi connectivity index (χ1) is 26.9. The van der Waals surface area contributed by atoms with E-state index in [0.29, 0.717) is 32.1 Å². The lowest BCUT2D eigenvalue weighted by Gasteiger charge is -2.22. The normalized spacial score (nSPS) is 11.7. The second kappa shape index (κ2) is 42.0. The number of ether oxygens (including phenoxy) is 2. The predicted molar refractivity (Wildman–Crippen MR) is 228 cm³/mol. The van der Waals surface area contributed by atoms with Crippen molar-refractivity contribution in [1.29, 1.82) is 0 Å². The lowest BCUT2D eigenvalue weighted by atomic mass is 10.1. The molecule has 0 saturated carbocycles. The zero-order valence-electron chi connectivity index (χ0n) is 35.3. The van der Waals surface area contributed by atoms with Crippen LogP contribution in [0.25, 0.3) is 0 Å². The van der Waals surface area contributed by atoms with Crippen LogP contribution >= 0.6 is 0 Å². The Morgan fingerprint density at radius 3 is 1.20 bits per heavy atom. The Morgan fingerprint density at radius 1 is 0.436 bits per heavy atom. The SMILES string of the molecule is CCCCC/C=C\C/C=C\CCCCCCCC(=O)OCCN(CCOC(=O)CCCCCCC/C=C\C/C=C\CCCCC)C(=O)CCCCCC(=O)O. The van der Waals surface area contributed by atoms with Crippen LogP contribution in [-0.4, -0.2) is 60.1 Å². The monoisotopic (exact) mass is 772 g/mol. The molecule has 0 aliphatic heterocycles. The summed E-state index contributed by atoms with van der Waals surface area (Å²) in [5.74, 6) is -1.45. The van der Waals surface area contributed by atoms with Crippen LogP contribution in [0.2, 0.25) is 0 Å². The van der Waals surface area contributed by atoms with E-state index >= 15 is 0 Å². The number of rotatable bonds is 40. The number of carboxylic acid groups (broad SMARTS) is 1. The number of carbonyl (C=O) groups excluding carboxylic acids is 3. The third kappa shape index (κ3) is 40.3. The summed E-state index contributed by atoms with van der Waals surface area (Å²) in [6.07, 6.45) is 45.7. The molecular formula is C47H81NO7. The van der Waals surface area contributed by atoms with Gasteiger partial charge in [0.25, 0.3) is 0 Å². The molecule has 8 heteroatoms. The molecule has 55 heavy (non-hydrogen) atoms. The van der Waals surface area contributed by atoms with E-state index in [1.807, 2.05) is 0 Å². The summed E-state index contributed by atoms with van der Waals surface area (Å²) < 4.78 is 10.9. The molecular weight excluding hydrogens is 691 g/mol. The number of allylic oxidation sites excluding steroid dienone is 8. The Hall–Kier alpha value is -3.16. The molecule has 316 valence electrons. The number of amides is 1. The van der Waals surface area contributed by atoms with E-state index in [1.54, 1.807) is 4.90 Å².